The van der Waals surface area contributed by atoms with Crippen LogP contribution in [0.3, 0.4) is 0 Å². The fourth-order valence-corrected chi connectivity index (χ4v) is 1.89. The first kappa shape index (κ1) is 16.7. The van der Waals surface area contributed by atoms with Crippen molar-refractivity contribution in [3.63, 3.8) is 0 Å². The zero-order valence-corrected chi connectivity index (χ0v) is 13.4. The molecule has 1 amide bonds. The Morgan fingerprint density at radius 3 is 2.55 bits per heavy atom. The highest BCUT2D eigenvalue weighted by molar-refractivity contribution is 6.29. The number of aromatic nitrogens is 2. The molecule has 1 rings (SSSR count). The summed E-state index contributed by atoms with van der Waals surface area (Å²) in [6, 6.07) is 1.68. The summed E-state index contributed by atoms with van der Waals surface area (Å²) in [4.78, 5) is 21.9. The average Bonchev–Trinajstić information content (AvgIpc) is 2.32. The quantitative estimate of drug-likeness (QED) is 0.819. The highest BCUT2D eigenvalue weighted by Crippen LogP contribution is 2.24. The third-order valence-corrected chi connectivity index (χ3v) is 3.00. The number of anilines is 1. The molecule has 0 saturated heterocycles. The molecule has 0 spiro atoms. The number of carbonyl (C=O) groups excluding carboxylic acids is 1. The largest absolute Gasteiger partial charge is 0.368 e. The van der Waals surface area contributed by atoms with Gasteiger partial charge in [0, 0.05) is 18.0 Å². The number of hydrogen-bond acceptors (Lipinski definition) is 4. The predicted molar refractivity (Wildman–Crippen MR) is 82.1 cm³/mol. The summed E-state index contributed by atoms with van der Waals surface area (Å²) in [5, 5.41) is 0.380. The van der Waals surface area contributed by atoms with E-state index in [1.165, 1.54) is 0 Å². The summed E-state index contributed by atoms with van der Waals surface area (Å²) in [6.45, 7) is 9.01. The number of primary amides is 1. The molecule has 0 aromatic carbocycles. The van der Waals surface area contributed by atoms with Crippen molar-refractivity contribution in [3.05, 3.63) is 17.0 Å². The predicted octanol–water partition coefficient (Wildman–Crippen LogP) is 2.52. The Balaban J connectivity index is 3.11. The topological polar surface area (TPSA) is 72.1 Å². The Morgan fingerprint density at radius 2 is 2.05 bits per heavy atom. The molecule has 2 N–H and O–H groups in total. The van der Waals surface area contributed by atoms with E-state index in [9.17, 15) is 4.79 Å². The third kappa shape index (κ3) is 4.96. The summed E-state index contributed by atoms with van der Waals surface area (Å²) >= 11 is 6.08. The second kappa shape index (κ2) is 6.88. The number of carbonyl (C=O) groups is 1. The van der Waals surface area contributed by atoms with Crippen molar-refractivity contribution in [2.75, 3.05) is 18.0 Å². The molecular weight excluding hydrogens is 276 g/mol. The van der Waals surface area contributed by atoms with Crippen molar-refractivity contribution in [2.24, 2.45) is 5.73 Å². The Kier molecular flexibility index (Phi) is 5.74. The number of hydrogen-bond donors (Lipinski definition) is 1. The molecule has 0 bridgehead atoms. The van der Waals surface area contributed by atoms with Gasteiger partial charge in [-0.2, -0.15) is 0 Å². The standard InChI is InChI=1S/C14H23ClN4O/c1-5-6-7-19(9-11(16)20)12-8-10(15)17-13(18-12)14(2,3)4/h8H,5-7,9H2,1-4H3,(H2,16,20). The van der Waals surface area contributed by atoms with Crippen LogP contribution in [0, 0.1) is 0 Å². The van der Waals surface area contributed by atoms with Crippen LogP contribution in [0.15, 0.2) is 6.07 Å². The lowest BCUT2D eigenvalue weighted by atomic mass is 9.96. The minimum absolute atomic E-state index is 0.136. The van der Waals surface area contributed by atoms with Crippen LogP contribution in [-0.2, 0) is 10.2 Å². The van der Waals surface area contributed by atoms with Crippen LogP contribution in [0.2, 0.25) is 5.15 Å². The summed E-state index contributed by atoms with van der Waals surface area (Å²) in [5.74, 6) is 0.932. The number of halogens is 1. The van der Waals surface area contributed by atoms with Gasteiger partial charge in [0.25, 0.3) is 0 Å². The van der Waals surface area contributed by atoms with Crippen LogP contribution in [0.1, 0.15) is 46.4 Å². The van der Waals surface area contributed by atoms with Gasteiger partial charge in [-0.25, -0.2) is 9.97 Å². The first-order valence-corrected chi connectivity index (χ1v) is 7.20. The van der Waals surface area contributed by atoms with Gasteiger partial charge in [0.1, 0.15) is 16.8 Å². The highest BCUT2D eigenvalue weighted by Gasteiger charge is 2.21. The van der Waals surface area contributed by atoms with Crippen LogP contribution < -0.4 is 10.6 Å². The second-order valence-corrected chi connectivity index (χ2v) is 6.25. The lowest BCUT2D eigenvalue weighted by molar-refractivity contribution is -0.116. The van der Waals surface area contributed by atoms with Crippen molar-refractivity contribution in [1.82, 2.24) is 9.97 Å². The van der Waals surface area contributed by atoms with Crippen molar-refractivity contribution >= 4 is 23.3 Å². The number of nitrogens with two attached hydrogens (primary N) is 1. The van der Waals surface area contributed by atoms with Gasteiger partial charge in [0.2, 0.25) is 5.91 Å². The van der Waals surface area contributed by atoms with Crippen LogP contribution in [0.5, 0.6) is 0 Å². The zero-order chi connectivity index (χ0) is 15.3. The molecule has 1 heterocycles. The first-order chi connectivity index (χ1) is 9.24. The third-order valence-electron chi connectivity index (χ3n) is 2.80. The number of rotatable bonds is 6. The average molecular weight is 299 g/mol. The molecule has 0 aliphatic rings. The van der Waals surface area contributed by atoms with E-state index < -0.39 is 0 Å². The van der Waals surface area contributed by atoms with Crippen molar-refractivity contribution in [2.45, 2.75) is 46.0 Å². The molecule has 1 aromatic heterocycles. The molecule has 0 saturated carbocycles. The Hall–Kier alpha value is -1.36. The fourth-order valence-electron chi connectivity index (χ4n) is 1.71. The Bertz CT molecular complexity index is 471. The fraction of sp³-hybridized carbons (Fsp3) is 0.643. The van der Waals surface area contributed by atoms with E-state index in [0.717, 1.165) is 19.4 Å². The summed E-state index contributed by atoms with van der Waals surface area (Å²) in [5.41, 5.74) is 5.10. The second-order valence-electron chi connectivity index (χ2n) is 5.86. The summed E-state index contributed by atoms with van der Waals surface area (Å²) < 4.78 is 0. The molecule has 1 aromatic rings. The van der Waals surface area contributed by atoms with Crippen LogP contribution in [-0.4, -0.2) is 29.0 Å². The number of nitrogens with zero attached hydrogens (tertiary/aromatic N) is 3. The van der Waals surface area contributed by atoms with Crippen molar-refractivity contribution in [3.8, 4) is 0 Å². The SMILES string of the molecule is CCCCN(CC(N)=O)c1cc(Cl)nc(C(C)(C)C)n1. The normalized spacial score (nSPS) is 11.4. The van der Waals surface area contributed by atoms with Gasteiger partial charge in [-0.15, -0.1) is 0 Å². The van der Waals surface area contributed by atoms with Crippen LogP contribution >= 0.6 is 11.6 Å². The molecule has 0 aliphatic heterocycles. The number of amides is 1. The maximum Gasteiger partial charge on any atom is 0.236 e. The minimum Gasteiger partial charge on any atom is -0.368 e. The van der Waals surface area contributed by atoms with Gasteiger partial charge >= 0.3 is 0 Å². The van der Waals surface area contributed by atoms with E-state index in [4.69, 9.17) is 17.3 Å². The first-order valence-electron chi connectivity index (χ1n) is 6.82. The van der Waals surface area contributed by atoms with E-state index in [2.05, 4.69) is 16.9 Å². The van der Waals surface area contributed by atoms with E-state index in [0.29, 0.717) is 16.8 Å². The van der Waals surface area contributed by atoms with Crippen molar-refractivity contribution < 1.29 is 4.79 Å². The van der Waals surface area contributed by atoms with E-state index in [-0.39, 0.29) is 17.9 Å². The molecule has 112 valence electrons. The monoisotopic (exact) mass is 298 g/mol. The molecule has 0 radical (unpaired) electrons. The van der Waals surface area contributed by atoms with E-state index in [1.807, 2.05) is 25.7 Å². The van der Waals surface area contributed by atoms with Gasteiger partial charge in [-0.3, -0.25) is 4.79 Å². The molecule has 20 heavy (non-hydrogen) atoms. The van der Waals surface area contributed by atoms with E-state index >= 15 is 0 Å². The van der Waals surface area contributed by atoms with Gasteiger partial charge in [-0.1, -0.05) is 45.7 Å². The lowest BCUT2D eigenvalue weighted by Gasteiger charge is -2.24. The van der Waals surface area contributed by atoms with Crippen molar-refractivity contribution in [1.29, 1.82) is 0 Å². The Labute approximate surface area is 125 Å². The lowest BCUT2D eigenvalue weighted by Crippen LogP contribution is -2.35. The zero-order valence-electron chi connectivity index (χ0n) is 12.6. The van der Waals surface area contributed by atoms with Crippen LogP contribution in [0.25, 0.3) is 0 Å². The van der Waals surface area contributed by atoms with Gasteiger partial charge in [0.05, 0.1) is 6.54 Å². The van der Waals surface area contributed by atoms with Gasteiger partial charge in [0.15, 0.2) is 0 Å². The Morgan fingerprint density at radius 1 is 1.40 bits per heavy atom. The molecule has 0 aliphatic carbocycles. The summed E-state index contributed by atoms with van der Waals surface area (Å²) in [6.07, 6.45) is 1.99. The molecule has 0 atom stereocenters. The highest BCUT2D eigenvalue weighted by atomic mass is 35.5. The number of unbranched alkanes of at least 4 members (excludes halogenated alkanes) is 1. The molecule has 5 nitrogen and oxygen atoms in total. The van der Waals surface area contributed by atoms with Gasteiger partial charge in [-0.05, 0) is 6.42 Å². The maximum absolute atomic E-state index is 11.2. The smallest absolute Gasteiger partial charge is 0.236 e. The minimum atomic E-state index is -0.381. The summed E-state index contributed by atoms with van der Waals surface area (Å²) in [7, 11) is 0. The molecular formula is C14H23ClN4O. The molecule has 0 unspecified atom stereocenters. The van der Waals surface area contributed by atoms with E-state index in [1.54, 1.807) is 6.07 Å². The molecule has 6 heteroatoms. The van der Waals surface area contributed by atoms with Crippen LogP contribution in [0.4, 0.5) is 5.82 Å². The van der Waals surface area contributed by atoms with Gasteiger partial charge < -0.3 is 10.6 Å². The maximum atomic E-state index is 11.2. The molecule has 0 fully saturated rings.